The molecule has 0 saturated carbocycles. The first-order chi connectivity index (χ1) is 10.8. The first-order valence-corrected chi connectivity index (χ1v) is 7.88. The van der Waals surface area contributed by atoms with Gasteiger partial charge in [0.05, 0.1) is 6.33 Å². The smallest absolute Gasteiger partial charge is 0.251 e. The first-order valence-electron chi connectivity index (χ1n) is 7.88. The predicted octanol–water partition coefficient (Wildman–Crippen LogP) is 2.09. The number of benzene rings is 1. The van der Waals surface area contributed by atoms with Crippen molar-refractivity contribution in [1.29, 1.82) is 0 Å². The topological polar surface area (TPSA) is 50.2 Å². The molecule has 2 aromatic rings. The van der Waals surface area contributed by atoms with Crippen molar-refractivity contribution in [3.63, 3.8) is 0 Å². The normalized spacial score (nSPS) is 16.6. The van der Waals surface area contributed by atoms with E-state index >= 15 is 0 Å². The lowest BCUT2D eigenvalue weighted by Crippen LogP contribution is -2.44. The summed E-state index contributed by atoms with van der Waals surface area (Å²) < 4.78 is 1.90. The van der Waals surface area contributed by atoms with Gasteiger partial charge < -0.3 is 14.8 Å². The van der Waals surface area contributed by atoms with Crippen LogP contribution in [0, 0.1) is 0 Å². The number of nitrogens with one attached hydrogen (secondary N) is 1. The summed E-state index contributed by atoms with van der Waals surface area (Å²) in [7, 11) is 0. The molecular weight excluding hydrogens is 276 g/mol. The van der Waals surface area contributed by atoms with Crippen LogP contribution in [0.4, 0.5) is 0 Å². The van der Waals surface area contributed by atoms with Gasteiger partial charge in [0.2, 0.25) is 0 Å². The summed E-state index contributed by atoms with van der Waals surface area (Å²) >= 11 is 0. The Labute approximate surface area is 131 Å². The summed E-state index contributed by atoms with van der Waals surface area (Å²) in [6.45, 7) is 5.40. The zero-order valence-corrected chi connectivity index (χ0v) is 12.9. The molecule has 2 heterocycles. The number of hydrogen-bond acceptors (Lipinski definition) is 3. The molecule has 3 rings (SSSR count). The molecule has 1 fully saturated rings. The van der Waals surface area contributed by atoms with Gasteiger partial charge in [0.1, 0.15) is 0 Å². The fourth-order valence-corrected chi connectivity index (χ4v) is 2.88. The van der Waals surface area contributed by atoms with Crippen LogP contribution in [0.2, 0.25) is 0 Å². The molecule has 1 saturated heterocycles. The van der Waals surface area contributed by atoms with Crippen LogP contribution in [0.3, 0.4) is 0 Å². The molecule has 22 heavy (non-hydrogen) atoms. The van der Waals surface area contributed by atoms with E-state index in [0.717, 1.165) is 38.2 Å². The van der Waals surface area contributed by atoms with E-state index in [1.807, 2.05) is 35.0 Å². The second kappa shape index (κ2) is 6.75. The lowest BCUT2D eigenvalue weighted by Gasteiger charge is -2.31. The summed E-state index contributed by atoms with van der Waals surface area (Å²) in [5, 5.41) is 3.16. The minimum Gasteiger partial charge on any atom is -0.349 e. The molecule has 1 aromatic heterocycles. The second-order valence-corrected chi connectivity index (χ2v) is 5.70. The minimum atomic E-state index is 0.0110. The fourth-order valence-electron chi connectivity index (χ4n) is 2.88. The Morgan fingerprint density at radius 3 is 2.86 bits per heavy atom. The van der Waals surface area contributed by atoms with Crippen LogP contribution in [0.5, 0.6) is 0 Å². The van der Waals surface area contributed by atoms with Crippen molar-refractivity contribution in [2.75, 3.05) is 19.6 Å². The van der Waals surface area contributed by atoms with Gasteiger partial charge in [0, 0.05) is 42.8 Å². The summed E-state index contributed by atoms with van der Waals surface area (Å²) in [5.74, 6) is 0.0110. The van der Waals surface area contributed by atoms with Crippen molar-refractivity contribution < 1.29 is 4.79 Å². The van der Waals surface area contributed by atoms with Gasteiger partial charge in [0.25, 0.3) is 5.91 Å². The fraction of sp³-hybridized carbons (Fsp3) is 0.412. The number of imidazole rings is 1. The van der Waals surface area contributed by atoms with Crippen LogP contribution in [0.1, 0.15) is 30.1 Å². The first kappa shape index (κ1) is 14.8. The summed E-state index contributed by atoms with van der Waals surface area (Å²) in [4.78, 5) is 18.9. The van der Waals surface area contributed by atoms with Crippen molar-refractivity contribution in [1.82, 2.24) is 19.8 Å². The molecule has 5 nitrogen and oxygen atoms in total. The Morgan fingerprint density at radius 2 is 2.18 bits per heavy atom. The highest BCUT2D eigenvalue weighted by Gasteiger charge is 2.20. The van der Waals surface area contributed by atoms with E-state index in [9.17, 15) is 4.79 Å². The van der Waals surface area contributed by atoms with Crippen molar-refractivity contribution in [3.05, 3.63) is 48.5 Å². The van der Waals surface area contributed by atoms with Crippen molar-refractivity contribution in [3.8, 4) is 5.69 Å². The van der Waals surface area contributed by atoms with E-state index in [1.165, 1.54) is 0 Å². The SMILES string of the molecule is CCN1CCC(NC(=O)c2cccc(-n3ccnc3)c2)CC1. The Morgan fingerprint density at radius 1 is 1.36 bits per heavy atom. The van der Waals surface area contributed by atoms with Gasteiger partial charge in [-0.25, -0.2) is 4.98 Å². The number of likely N-dealkylation sites (tertiary alicyclic amines) is 1. The van der Waals surface area contributed by atoms with Crippen LogP contribution in [-0.2, 0) is 0 Å². The summed E-state index contributed by atoms with van der Waals surface area (Å²) in [5.41, 5.74) is 1.65. The van der Waals surface area contributed by atoms with Crippen LogP contribution in [0.25, 0.3) is 5.69 Å². The van der Waals surface area contributed by atoms with Gasteiger partial charge in [0.15, 0.2) is 0 Å². The number of carbonyl (C=O) groups is 1. The number of piperidine rings is 1. The molecule has 0 spiro atoms. The lowest BCUT2D eigenvalue weighted by atomic mass is 10.0. The van der Waals surface area contributed by atoms with E-state index in [1.54, 1.807) is 12.5 Å². The van der Waals surface area contributed by atoms with E-state index in [-0.39, 0.29) is 11.9 Å². The average molecular weight is 298 g/mol. The van der Waals surface area contributed by atoms with Gasteiger partial charge in [-0.2, -0.15) is 0 Å². The molecule has 5 heteroatoms. The highest BCUT2D eigenvalue weighted by molar-refractivity contribution is 5.94. The molecule has 0 atom stereocenters. The number of hydrogen-bond donors (Lipinski definition) is 1. The van der Waals surface area contributed by atoms with Gasteiger partial charge in [-0.1, -0.05) is 13.0 Å². The standard InChI is InChI=1S/C17H22N4O/c1-2-20-9-6-15(7-10-20)19-17(22)14-4-3-5-16(12-14)21-11-8-18-13-21/h3-5,8,11-13,15H,2,6-7,9-10H2,1H3,(H,19,22). The van der Waals surface area contributed by atoms with E-state index in [4.69, 9.17) is 0 Å². The molecule has 0 bridgehead atoms. The van der Waals surface area contributed by atoms with Crippen molar-refractivity contribution in [2.24, 2.45) is 0 Å². The Balaban J connectivity index is 1.64. The highest BCUT2D eigenvalue weighted by atomic mass is 16.1. The summed E-state index contributed by atoms with van der Waals surface area (Å²) in [6.07, 6.45) is 7.39. The number of nitrogens with zero attached hydrogens (tertiary/aromatic N) is 3. The number of rotatable bonds is 4. The van der Waals surface area contributed by atoms with Crippen molar-refractivity contribution >= 4 is 5.91 Å². The third kappa shape index (κ3) is 3.36. The minimum absolute atomic E-state index is 0.0110. The molecule has 0 aliphatic carbocycles. The monoisotopic (exact) mass is 298 g/mol. The zero-order valence-electron chi connectivity index (χ0n) is 12.9. The third-order valence-corrected chi connectivity index (χ3v) is 4.28. The van der Waals surface area contributed by atoms with Crippen LogP contribution in [0.15, 0.2) is 43.0 Å². The van der Waals surface area contributed by atoms with Crippen LogP contribution < -0.4 is 5.32 Å². The van der Waals surface area contributed by atoms with E-state index < -0.39 is 0 Å². The van der Waals surface area contributed by atoms with Gasteiger partial charge in [-0.15, -0.1) is 0 Å². The van der Waals surface area contributed by atoms with Crippen molar-refractivity contribution in [2.45, 2.75) is 25.8 Å². The highest BCUT2D eigenvalue weighted by Crippen LogP contribution is 2.13. The molecule has 0 radical (unpaired) electrons. The Hall–Kier alpha value is -2.14. The lowest BCUT2D eigenvalue weighted by molar-refractivity contribution is 0.0912. The molecule has 1 aromatic carbocycles. The van der Waals surface area contributed by atoms with Gasteiger partial charge in [-0.3, -0.25) is 4.79 Å². The van der Waals surface area contributed by atoms with Crippen LogP contribution >= 0.6 is 0 Å². The van der Waals surface area contributed by atoms with Crippen LogP contribution in [-0.4, -0.2) is 46.0 Å². The maximum Gasteiger partial charge on any atom is 0.251 e. The molecule has 1 aliphatic heterocycles. The molecule has 1 N–H and O–H groups in total. The van der Waals surface area contributed by atoms with Gasteiger partial charge >= 0.3 is 0 Å². The number of amides is 1. The maximum absolute atomic E-state index is 12.4. The summed E-state index contributed by atoms with van der Waals surface area (Å²) in [6, 6.07) is 7.92. The molecule has 116 valence electrons. The zero-order chi connectivity index (χ0) is 15.4. The predicted molar refractivity (Wildman–Crippen MR) is 86.2 cm³/mol. The second-order valence-electron chi connectivity index (χ2n) is 5.70. The molecule has 1 amide bonds. The Kier molecular flexibility index (Phi) is 4.53. The molecule has 1 aliphatic rings. The number of aromatic nitrogens is 2. The average Bonchev–Trinajstić information content (AvgIpc) is 3.10. The quantitative estimate of drug-likeness (QED) is 0.940. The largest absolute Gasteiger partial charge is 0.349 e. The Bertz CT molecular complexity index is 615. The molecular formula is C17H22N4O. The maximum atomic E-state index is 12.4. The number of carbonyl (C=O) groups excluding carboxylic acids is 1. The third-order valence-electron chi connectivity index (χ3n) is 4.28. The molecule has 0 unspecified atom stereocenters. The van der Waals surface area contributed by atoms with E-state index in [0.29, 0.717) is 5.56 Å². The van der Waals surface area contributed by atoms with Gasteiger partial charge in [-0.05, 0) is 37.6 Å². The van der Waals surface area contributed by atoms with E-state index in [2.05, 4.69) is 22.1 Å².